The Kier molecular flexibility index (Phi) is 13.4. The van der Waals surface area contributed by atoms with Crippen molar-refractivity contribution in [3.8, 4) is 11.1 Å². The van der Waals surface area contributed by atoms with Crippen LogP contribution in [0.5, 0.6) is 0 Å². The molecule has 0 atom stereocenters. The molecule has 0 saturated heterocycles. The van der Waals surface area contributed by atoms with Crippen LogP contribution in [-0.2, 0) is 46.9 Å². The first-order chi connectivity index (χ1) is 23.8. The minimum atomic E-state index is 0. The Morgan fingerprint density at radius 3 is 1.72 bits per heavy atom. The first kappa shape index (κ1) is 43.4. The van der Waals surface area contributed by atoms with Crippen molar-refractivity contribution in [2.75, 3.05) is 0 Å². The summed E-state index contributed by atoms with van der Waals surface area (Å²) in [6.07, 6.45) is 7.13. The molecule has 0 bridgehead atoms. The van der Waals surface area contributed by atoms with E-state index in [1.807, 2.05) is 36.4 Å². The molecule has 0 radical (unpaired) electrons. The fraction of sp³-hybridized carbons (Fsp3) is 0.292. The Morgan fingerprint density at radius 1 is 0.717 bits per heavy atom. The molecule has 5 aromatic rings. The maximum Gasteiger partial charge on any atom is -1.00 e. The monoisotopic (exact) mass is 854 g/mol. The van der Waals surface area contributed by atoms with Gasteiger partial charge >= 0.3 is 120 Å². The van der Waals surface area contributed by atoms with Gasteiger partial charge in [0, 0.05) is 5.41 Å². The largest absolute Gasteiger partial charge is 1.00 e. The number of aryl methyl sites for hydroxylation is 1. The molecule has 0 saturated carbocycles. The Balaban J connectivity index is 0.000000194. The first-order valence-electron chi connectivity index (χ1n) is 17.9. The van der Waals surface area contributed by atoms with E-state index in [1.54, 1.807) is 0 Å². The molecule has 0 N–H and O–H groups in total. The molecule has 0 spiro atoms. The Labute approximate surface area is 355 Å². The number of hydrogen-bond donors (Lipinski definition) is 0. The van der Waals surface area contributed by atoms with Gasteiger partial charge in [-0.1, -0.05) is 91.4 Å². The summed E-state index contributed by atoms with van der Waals surface area (Å²) < 4.78 is 1.26. The zero-order chi connectivity index (χ0) is 37.0. The molecule has 0 aliphatic heterocycles. The van der Waals surface area contributed by atoms with Crippen LogP contribution in [0, 0.1) is 13.0 Å². The van der Waals surface area contributed by atoms with Gasteiger partial charge in [0.25, 0.3) is 0 Å². The predicted octanol–water partition coefficient (Wildman–Crippen LogP) is 7.58. The van der Waals surface area contributed by atoms with Crippen LogP contribution in [0.15, 0.2) is 97.1 Å². The van der Waals surface area contributed by atoms with E-state index in [0.717, 1.165) is 27.6 Å². The smallest absolute Gasteiger partial charge is 1.00 e. The number of hydrogen-bond acceptors (Lipinski definition) is 0. The van der Waals surface area contributed by atoms with E-state index in [9.17, 15) is 0 Å². The van der Waals surface area contributed by atoms with E-state index in [1.165, 1.54) is 94.2 Å². The van der Waals surface area contributed by atoms with Gasteiger partial charge in [-0.2, -0.15) is 28.8 Å². The standard InChI is InChI=1S/C25H25.C13H8Cl2.C10H15.2ClH.Zr/c1-14-12-24(3,4)22-8-16-7-17-9-23-19(15(2)13-25(23,5)6)11-21(17)20(16)10-18(14)22;14-12-5-1-3-10(8-12)7-11-4-2-6-13(15)9-11;1-8-5-6-9(7-8)10(2,3)4;;;/h8-12H,7H2,1-6H3;1-6,8-9H;5-7H,1-4H3;2*1H;/q-1;;-1;;;+2/p-2. The van der Waals surface area contributed by atoms with Crippen LogP contribution in [0.4, 0.5) is 0 Å². The minimum Gasteiger partial charge on any atom is -1.00 e. The maximum absolute atomic E-state index is 5.98. The van der Waals surface area contributed by atoms with Crippen molar-refractivity contribution in [1.29, 1.82) is 0 Å². The van der Waals surface area contributed by atoms with Gasteiger partial charge in [0.05, 0.1) is 0 Å². The topological polar surface area (TPSA) is 0 Å². The molecular weight excluding hydrogens is 810 g/mol. The van der Waals surface area contributed by atoms with E-state index in [4.69, 9.17) is 23.2 Å². The third-order valence-electron chi connectivity index (χ3n) is 10.4. The zero-order valence-corrected chi connectivity index (χ0v) is 37.9. The summed E-state index contributed by atoms with van der Waals surface area (Å²) in [5.41, 5.74) is 20.0. The van der Waals surface area contributed by atoms with Crippen LogP contribution in [0.1, 0.15) is 118 Å². The molecule has 0 heterocycles. The molecule has 0 fully saturated rings. The van der Waals surface area contributed by atoms with Crippen LogP contribution < -0.4 is 24.8 Å². The summed E-state index contributed by atoms with van der Waals surface area (Å²) in [6.45, 7) is 22.5. The van der Waals surface area contributed by atoms with Crippen molar-refractivity contribution in [1.82, 2.24) is 0 Å². The number of fused-ring (bicyclic) bond motifs is 5. The third-order valence-corrected chi connectivity index (χ3v) is 12.3. The summed E-state index contributed by atoms with van der Waals surface area (Å²) in [4.78, 5) is 0. The van der Waals surface area contributed by atoms with Crippen molar-refractivity contribution in [3.63, 3.8) is 0 Å². The molecule has 3 aliphatic carbocycles. The van der Waals surface area contributed by atoms with Crippen LogP contribution in [0.25, 0.3) is 22.3 Å². The molecule has 8 rings (SSSR count). The molecule has 0 aromatic heterocycles. The van der Waals surface area contributed by atoms with E-state index in [-0.39, 0.29) is 35.6 Å². The van der Waals surface area contributed by atoms with Gasteiger partial charge in [-0.15, -0.1) is 11.6 Å². The molecule has 3 aliphatic rings. The molecule has 0 nitrogen and oxygen atoms in total. The molecule has 0 amide bonds. The number of halogens is 4. The first-order valence-corrected chi connectivity index (χ1v) is 19.8. The van der Waals surface area contributed by atoms with Gasteiger partial charge in [-0.25, -0.2) is 11.6 Å². The predicted molar refractivity (Wildman–Crippen MR) is 218 cm³/mol. The Hall–Kier alpha value is -2.38. The second kappa shape index (κ2) is 16.4. The van der Waals surface area contributed by atoms with Crippen molar-refractivity contribution < 1.29 is 49.0 Å². The average Bonchev–Trinajstić information content (AvgIpc) is 3.76. The number of benzene rings is 4. The summed E-state index contributed by atoms with van der Waals surface area (Å²) in [5, 5.41) is 1.53. The molecular formula is C48H48Cl4Zr-2. The van der Waals surface area contributed by atoms with Crippen LogP contribution in [0.2, 0.25) is 10.0 Å². The van der Waals surface area contributed by atoms with Gasteiger partial charge < -0.3 is 24.8 Å². The van der Waals surface area contributed by atoms with Crippen molar-refractivity contribution in [2.45, 2.75) is 91.9 Å². The second-order valence-corrected chi connectivity index (χ2v) is 18.6. The molecule has 53 heavy (non-hydrogen) atoms. The van der Waals surface area contributed by atoms with Crippen LogP contribution in [-0.4, -0.2) is 3.21 Å². The normalized spacial score (nSPS) is 15.1. The van der Waals surface area contributed by atoms with Crippen molar-refractivity contribution in [2.24, 2.45) is 0 Å². The zero-order valence-electron chi connectivity index (χ0n) is 32.5. The summed E-state index contributed by atoms with van der Waals surface area (Å²) in [7, 11) is 0. The fourth-order valence-electron chi connectivity index (χ4n) is 7.76. The Morgan fingerprint density at radius 2 is 1.25 bits per heavy atom. The minimum absolute atomic E-state index is 0. The number of allylic oxidation sites excluding steroid dienone is 4. The number of rotatable bonds is 2. The molecule has 0 unspecified atom stereocenters. The van der Waals surface area contributed by atoms with E-state index in [2.05, 4.69) is 136 Å². The van der Waals surface area contributed by atoms with Crippen LogP contribution in [0.3, 0.4) is 0 Å². The van der Waals surface area contributed by atoms with Crippen molar-refractivity contribution >= 4 is 37.6 Å². The molecule has 274 valence electrons. The van der Waals surface area contributed by atoms with Crippen molar-refractivity contribution in [3.05, 3.63) is 169 Å². The van der Waals surface area contributed by atoms with E-state index >= 15 is 0 Å². The summed E-state index contributed by atoms with van der Waals surface area (Å²) in [6, 6.07) is 32.2. The van der Waals surface area contributed by atoms with Crippen LogP contribution >= 0.6 is 23.2 Å². The van der Waals surface area contributed by atoms with Gasteiger partial charge in [0.2, 0.25) is 0 Å². The van der Waals surface area contributed by atoms with E-state index in [0.29, 0.717) is 5.41 Å². The quantitative estimate of drug-likeness (QED) is 0.158. The molecule has 5 aromatic carbocycles. The summed E-state index contributed by atoms with van der Waals surface area (Å²) in [5.74, 6) is 0. The van der Waals surface area contributed by atoms with Gasteiger partial charge in [0.15, 0.2) is 0 Å². The summed E-state index contributed by atoms with van der Waals surface area (Å²) >= 11 is 13.3. The van der Waals surface area contributed by atoms with Gasteiger partial charge in [-0.3, -0.25) is 6.08 Å². The Bertz CT molecular complexity index is 2110. The SMILES string of the molecule is CC1=[C-]C(C)(C)c2cc3c(cc21)-c1cc2c(cc1C3)C(C)(C)C=C2C.Cc1cc(C(C)(C)C)c[cH-]1.Clc1cccc([C](=[Zr+2])c2cccc(Cl)c2)c1.[Cl-].[Cl-]. The average molecular weight is 858 g/mol. The second-order valence-electron chi connectivity index (χ2n) is 16.5. The maximum atomic E-state index is 5.98. The third kappa shape index (κ3) is 9.20. The van der Waals surface area contributed by atoms with E-state index < -0.39 is 0 Å². The van der Waals surface area contributed by atoms with Gasteiger partial charge in [-0.05, 0) is 58.4 Å². The molecule has 5 heteroatoms. The fourth-order valence-corrected chi connectivity index (χ4v) is 8.90. The van der Waals surface area contributed by atoms with Gasteiger partial charge in [0.1, 0.15) is 0 Å².